The van der Waals surface area contributed by atoms with E-state index >= 15 is 0 Å². The summed E-state index contributed by atoms with van der Waals surface area (Å²) in [7, 11) is 0. The molecule has 0 aliphatic carbocycles. The van der Waals surface area contributed by atoms with Crippen LogP contribution in [0.3, 0.4) is 0 Å². The van der Waals surface area contributed by atoms with Gasteiger partial charge in [-0.1, -0.05) is 153 Å². The first-order chi connectivity index (χ1) is 26.6. The van der Waals surface area contributed by atoms with Crippen molar-refractivity contribution in [3.05, 3.63) is 201 Å². The molecule has 0 saturated carbocycles. The van der Waals surface area contributed by atoms with Gasteiger partial charge in [0.05, 0.1) is 12.8 Å². The molecule has 0 radical (unpaired) electrons. The number of alkyl halides is 6. The van der Waals surface area contributed by atoms with E-state index < -0.39 is 47.8 Å². The molecule has 0 aromatic heterocycles. The van der Waals surface area contributed by atoms with E-state index in [9.17, 15) is 35.9 Å². The quantitative estimate of drug-likeness (QED) is 0.135. The molecular weight excluding hydrogens is 862 g/mol. The first-order valence-corrected chi connectivity index (χ1v) is 18.7. The first-order valence-electron chi connectivity index (χ1n) is 17.1. The zero-order valence-corrected chi connectivity index (χ0v) is 32.6. The maximum atomic E-state index is 13.7. The summed E-state index contributed by atoms with van der Waals surface area (Å²) in [5.41, 5.74) is -1.86. The zero-order valence-electron chi connectivity index (χ0n) is 29.4. The van der Waals surface area contributed by atoms with E-state index in [2.05, 4.69) is 42.5 Å². The number of anilines is 2. The van der Waals surface area contributed by atoms with Crippen LogP contribution in [-0.2, 0) is 20.4 Å². The fourth-order valence-corrected chi connectivity index (χ4v) is 6.99. The Bertz CT molecular complexity index is 2010. The second-order valence-corrected chi connectivity index (χ2v) is 14.6. The molecular formula is C44H34Br2F6N2O2. The highest BCUT2D eigenvalue weighted by Crippen LogP contribution is 2.45. The first kappa shape index (κ1) is 42.0. The summed E-state index contributed by atoms with van der Waals surface area (Å²) in [6, 6.07) is 45.9. The van der Waals surface area contributed by atoms with Crippen LogP contribution in [0.15, 0.2) is 179 Å². The average Bonchev–Trinajstić information content (AvgIpc) is 3.18. The lowest BCUT2D eigenvalue weighted by Crippen LogP contribution is -2.45. The molecule has 0 aliphatic heterocycles. The van der Waals surface area contributed by atoms with Crippen LogP contribution < -0.4 is 10.6 Å². The topological polar surface area (TPSA) is 58.2 Å². The Labute approximate surface area is 337 Å². The van der Waals surface area contributed by atoms with Crippen molar-refractivity contribution in [2.24, 2.45) is 0 Å². The molecule has 56 heavy (non-hydrogen) atoms. The predicted octanol–water partition coefficient (Wildman–Crippen LogP) is 12.7. The molecule has 6 rings (SSSR count). The Morgan fingerprint density at radius 2 is 0.643 bits per heavy atom. The number of nitrogens with one attached hydrogen (secondary N) is 2. The highest BCUT2D eigenvalue weighted by molar-refractivity contribution is 9.10. The van der Waals surface area contributed by atoms with Crippen LogP contribution in [0.4, 0.5) is 37.7 Å². The third kappa shape index (κ3) is 10.6. The monoisotopic (exact) mass is 894 g/mol. The summed E-state index contributed by atoms with van der Waals surface area (Å²) in [6.07, 6.45) is -11.7. The molecule has 0 unspecified atom stereocenters. The number of rotatable bonds is 10. The average molecular weight is 897 g/mol. The number of benzene rings is 6. The fourth-order valence-electron chi connectivity index (χ4n) is 6.46. The van der Waals surface area contributed by atoms with Gasteiger partial charge >= 0.3 is 12.4 Å². The van der Waals surface area contributed by atoms with Gasteiger partial charge in [0.1, 0.15) is 10.8 Å². The Hall–Kier alpha value is -5.20. The van der Waals surface area contributed by atoms with Crippen molar-refractivity contribution in [1.29, 1.82) is 0 Å². The highest BCUT2D eigenvalue weighted by Gasteiger charge is 2.51. The maximum Gasteiger partial charge on any atom is 0.390 e. The van der Waals surface area contributed by atoms with Crippen LogP contribution >= 0.6 is 31.9 Å². The van der Waals surface area contributed by atoms with Gasteiger partial charge < -0.3 is 10.6 Å². The number of halogens is 8. The van der Waals surface area contributed by atoms with Gasteiger partial charge in [0.15, 0.2) is 0 Å². The van der Waals surface area contributed by atoms with Gasteiger partial charge in [-0.3, -0.25) is 9.59 Å². The molecule has 6 aromatic rings. The standard InChI is InChI=1S/2C22H17BrF3NO/c2*23-18-13-11-17(12-14-18)21(15-22(24,25)26,16-7-3-1-4-8-16)20(28)27-19-9-5-2-6-10-19/h2*1-14H,15H2,(H,27,28)/t2*21-/m00/s1. The van der Waals surface area contributed by atoms with Crippen molar-refractivity contribution >= 4 is 55.0 Å². The summed E-state index contributed by atoms with van der Waals surface area (Å²) in [6.45, 7) is 0. The molecule has 0 fully saturated rings. The molecule has 2 atom stereocenters. The molecule has 0 bridgehead atoms. The van der Waals surface area contributed by atoms with Gasteiger partial charge in [0.2, 0.25) is 11.8 Å². The molecule has 12 heteroatoms. The Kier molecular flexibility index (Phi) is 13.6. The fraction of sp³-hybridized carbons (Fsp3) is 0.136. The smallest absolute Gasteiger partial charge is 0.325 e. The molecule has 2 N–H and O–H groups in total. The lowest BCUT2D eigenvalue weighted by Gasteiger charge is -2.34. The third-order valence-corrected chi connectivity index (χ3v) is 10.0. The number of hydrogen-bond acceptors (Lipinski definition) is 2. The minimum absolute atomic E-state index is 0.271. The zero-order chi connectivity index (χ0) is 40.4. The minimum Gasteiger partial charge on any atom is -0.325 e. The van der Waals surface area contributed by atoms with Crippen molar-refractivity contribution in [1.82, 2.24) is 0 Å². The summed E-state index contributed by atoms with van der Waals surface area (Å²) in [5.74, 6) is -1.46. The Morgan fingerprint density at radius 3 is 0.911 bits per heavy atom. The Balaban J connectivity index is 0.000000214. The van der Waals surface area contributed by atoms with E-state index in [1.807, 2.05) is 0 Å². The van der Waals surface area contributed by atoms with E-state index in [4.69, 9.17) is 0 Å². The van der Waals surface area contributed by atoms with Gasteiger partial charge in [-0.15, -0.1) is 0 Å². The molecule has 0 aliphatic rings. The molecule has 6 aromatic carbocycles. The molecule has 0 saturated heterocycles. The summed E-state index contributed by atoms with van der Waals surface area (Å²) >= 11 is 6.60. The van der Waals surface area contributed by atoms with Gasteiger partial charge in [-0.25, -0.2) is 0 Å². The van der Waals surface area contributed by atoms with Crippen molar-refractivity contribution in [3.8, 4) is 0 Å². The molecule has 0 spiro atoms. The third-order valence-electron chi connectivity index (χ3n) is 8.98. The van der Waals surface area contributed by atoms with E-state index in [1.165, 1.54) is 0 Å². The van der Waals surface area contributed by atoms with Gasteiger partial charge in [-0.2, -0.15) is 26.3 Å². The second kappa shape index (κ2) is 18.2. The van der Waals surface area contributed by atoms with E-state index in [1.54, 1.807) is 170 Å². The van der Waals surface area contributed by atoms with Crippen LogP contribution in [-0.4, -0.2) is 24.2 Å². The summed E-state index contributed by atoms with van der Waals surface area (Å²) in [5, 5.41) is 5.33. The van der Waals surface area contributed by atoms with Gasteiger partial charge in [0.25, 0.3) is 0 Å². The van der Waals surface area contributed by atoms with Crippen molar-refractivity contribution in [2.75, 3.05) is 10.6 Å². The van der Waals surface area contributed by atoms with Crippen molar-refractivity contribution in [3.63, 3.8) is 0 Å². The molecule has 0 heterocycles. The van der Waals surface area contributed by atoms with E-state index in [0.29, 0.717) is 20.3 Å². The molecule has 4 nitrogen and oxygen atoms in total. The molecule has 288 valence electrons. The SMILES string of the molecule is O=C(Nc1ccccc1)[C@@](CC(F)(F)F)(c1ccccc1)c1ccc(Br)cc1.O=C(Nc1ccccc1)[C@@](CC(F)(F)F)(c1ccccc1)c1ccc(Br)cc1. The minimum atomic E-state index is -4.56. The molecule has 2 amide bonds. The van der Waals surface area contributed by atoms with Crippen LogP contribution in [0.25, 0.3) is 0 Å². The number of amides is 2. The van der Waals surface area contributed by atoms with Crippen LogP contribution in [0, 0.1) is 0 Å². The number of hydrogen-bond donors (Lipinski definition) is 2. The lowest BCUT2D eigenvalue weighted by molar-refractivity contribution is -0.153. The van der Waals surface area contributed by atoms with Crippen molar-refractivity contribution < 1.29 is 35.9 Å². The largest absolute Gasteiger partial charge is 0.390 e. The van der Waals surface area contributed by atoms with E-state index in [0.717, 1.165) is 0 Å². The summed E-state index contributed by atoms with van der Waals surface area (Å²) in [4.78, 5) is 26.8. The van der Waals surface area contributed by atoms with Gasteiger partial charge in [-0.05, 0) is 70.8 Å². The maximum absolute atomic E-state index is 13.7. The lowest BCUT2D eigenvalue weighted by atomic mass is 9.71. The number of carbonyl (C=O) groups excluding carboxylic acids is 2. The number of para-hydroxylation sites is 2. The predicted molar refractivity (Wildman–Crippen MR) is 214 cm³/mol. The van der Waals surface area contributed by atoms with Crippen LogP contribution in [0.2, 0.25) is 0 Å². The highest BCUT2D eigenvalue weighted by atomic mass is 79.9. The van der Waals surface area contributed by atoms with Crippen LogP contribution in [0.1, 0.15) is 35.1 Å². The van der Waals surface area contributed by atoms with Crippen molar-refractivity contribution in [2.45, 2.75) is 36.0 Å². The normalized spacial score (nSPS) is 13.6. The van der Waals surface area contributed by atoms with Crippen LogP contribution in [0.5, 0.6) is 0 Å². The summed E-state index contributed by atoms with van der Waals surface area (Å²) < 4.78 is 83.7. The van der Waals surface area contributed by atoms with E-state index in [-0.39, 0.29) is 22.3 Å². The Morgan fingerprint density at radius 1 is 0.393 bits per heavy atom. The second-order valence-electron chi connectivity index (χ2n) is 12.8. The number of carbonyl (C=O) groups is 2. The van der Waals surface area contributed by atoms with Gasteiger partial charge in [0, 0.05) is 20.3 Å².